The number of nitrogens with zero attached hydrogens (tertiary/aromatic N) is 2. The molecule has 1 aliphatic heterocycles. The molecule has 36 heavy (non-hydrogen) atoms. The number of amides is 1. The summed E-state index contributed by atoms with van der Waals surface area (Å²) < 4.78 is 19.5. The standard InChI is InChI=1S/C28H25ClFN3O3/c1-2-3-13-36-21-6-4-5-18(14-21)27-24-25(22-15-19(29)9-12-23(22)34)31-32-26(24)28(35)33(27)16-17-7-10-20(30)11-8-17/h4-12,14-15,27,34H,2-3,13,16H2,1H3,(H,31,32). The number of nitrogens with one attached hydrogen (secondary N) is 1. The molecular formula is C28H25ClFN3O3. The highest BCUT2D eigenvalue weighted by molar-refractivity contribution is 6.31. The molecule has 184 valence electrons. The maximum absolute atomic E-state index is 13.6. The lowest BCUT2D eigenvalue weighted by Gasteiger charge is -2.27. The minimum absolute atomic E-state index is 0.00790. The number of benzene rings is 3. The van der Waals surface area contributed by atoms with Crippen LogP contribution in [0.15, 0.2) is 66.7 Å². The number of aromatic hydroxyl groups is 1. The molecule has 2 N–H and O–H groups in total. The maximum Gasteiger partial charge on any atom is 0.273 e. The molecule has 0 spiro atoms. The van der Waals surface area contributed by atoms with Crippen LogP contribution >= 0.6 is 11.6 Å². The molecule has 0 bridgehead atoms. The van der Waals surface area contributed by atoms with Crippen LogP contribution in [-0.4, -0.2) is 32.7 Å². The number of H-pyrrole nitrogens is 1. The first-order chi connectivity index (χ1) is 17.5. The van der Waals surface area contributed by atoms with E-state index in [1.807, 2.05) is 24.3 Å². The second kappa shape index (κ2) is 10.0. The summed E-state index contributed by atoms with van der Waals surface area (Å²) >= 11 is 6.22. The molecule has 1 aromatic heterocycles. The zero-order valence-electron chi connectivity index (χ0n) is 19.7. The monoisotopic (exact) mass is 505 g/mol. The van der Waals surface area contributed by atoms with Crippen LogP contribution in [0.3, 0.4) is 0 Å². The summed E-state index contributed by atoms with van der Waals surface area (Å²) in [7, 11) is 0. The minimum Gasteiger partial charge on any atom is -0.507 e. The topological polar surface area (TPSA) is 78.5 Å². The van der Waals surface area contributed by atoms with Crippen molar-refractivity contribution in [1.82, 2.24) is 15.1 Å². The molecule has 1 unspecified atom stereocenters. The lowest BCUT2D eigenvalue weighted by Crippen LogP contribution is -2.29. The molecule has 0 aliphatic carbocycles. The van der Waals surface area contributed by atoms with Gasteiger partial charge in [-0.15, -0.1) is 0 Å². The minimum atomic E-state index is -0.514. The Morgan fingerprint density at radius 1 is 1.14 bits per heavy atom. The number of hydrogen-bond acceptors (Lipinski definition) is 4. The molecule has 8 heteroatoms. The van der Waals surface area contributed by atoms with Gasteiger partial charge in [-0.1, -0.05) is 49.2 Å². The molecule has 0 radical (unpaired) electrons. The van der Waals surface area contributed by atoms with E-state index < -0.39 is 6.04 Å². The fourth-order valence-corrected chi connectivity index (χ4v) is 4.68. The van der Waals surface area contributed by atoms with E-state index in [4.69, 9.17) is 16.3 Å². The van der Waals surface area contributed by atoms with Crippen molar-refractivity contribution >= 4 is 17.5 Å². The average molecular weight is 506 g/mol. The van der Waals surface area contributed by atoms with E-state index in [0.717, 1.165) is 24.0 Å². The molecule has 5 rings (SSSR count). The predicted molar refractivity (Wildman–Crippen MR) is 136 cm³/mol. The van der Waals surface area contributed by atoms with E-state index in [-0.39, 0.29) is 24.0 Å². The van der Waals surface area contributed by atoms with E-state index in [1.54, 1.807) is 29.2 Å². The highest BCUT2D eigenvalue weighted by atomic mass is 35.5. The van der Waals surface area contributed by atoms with Crippen LogP contribution in [0.4, 0.5) is 4.39 Å². The van der Waals surface area contributed by atoms with Gasteiger partial charge >= 0.3 is 0 Å². The van der Waals surface area contributed by atoms with Crippen LogP contribution in [-0.2, 0) is 6.54 Å². The molecule has 4 aromatic rings. The Hall–Kier alpha value is -3.84. The van der Waals surface area contributed by atoms with Gasteiger partial charge in [0.25, 0.3) is 5.91 Å². The number of unbranched alkanes of at least 4 members (excludes halogenated alkanes) is 1. The number of phenols is 1. The highest BCUT2D eigenvalue weighted by Gasteiger charge is 2.42. The van der Waals surface area contributed by atoms with Crippen molar-refractivity contribution < 1.29 is 19.0 Å². The molecular weight excluding hydrogens is 481 g/mol. The number of rotatable bonds is 8. The Labute approximate surface area is 213 Å². The number of phenolic OH excluding ortho intramolecular Hbond substituents is 1. The van der Waals surface area contributed by atoms with Gasteiger partial charge in [0.05, 0.1) is 12.6 Å². The molecule has 1 atom stereocenters. The van der Waals surface area contributed by atoms with Crippen molar-refractivity contribution in [2.45, 2.75) is 32.4 Å². The molecule has 1 aliphatic rings. The number of aromatic nitrogens is 2. The van der Waals surface area contributed by atoms with Gasteiger partial charge in [0, 0.05) is 22.7 Å². The third-order valence-corrected chi connectivity index (χ3v) is 6.52. The van der Waals surface area contributed by atoms with Crippen LogP contribution in [0.1, 0.15) is 53.0 Å². The molecule has 6 nitrogen and oxygen atoms in total. The summed E-state index contributed by atoms with van der Waals surface area (Å²) in [4.78, 5) is 15.3. The van der Waals surface area contributed by atoms with Crippen LogP contribution in [0.25, 0.3) is 11.3 Å². The van der Waals surface area contributed by atoms with Gasteiger partial charge < -0.3 is 14.7 Å². The van der Waals surface area contributed by atoms with Gasteiger partial charge in [-0.05, 0) is 60.0 Å². The first-order valence-corrected chi connectivity index (χ1v) is 12.2. The number of carbonyl (C=O) groups excluding carboxylic acids is 1. The molecule has 0 saturated carbocycles. The van der Waals surface area contributed by atoms with Crippen LogP contribution in [0.5, 0.6) is 11.5 Å². The van der Waals surface area contributed by atoms with Crippen molar-refractivity contribution in [3.05, 3.63) is 100.0 Å². The van der Waals surface area contributed by atoms with Gasteiger partial charge in [-0.25, -0.2) is 4.39 Å². The van der Waals surface area contributed by atoms with E-state index >= 15 is 0 Å². The third-order valence-electron chi connectivity index (χ3n) is 6.28. The lowest BCUT2D eigenvalue weighted by atomic mass is 9.95. The van der Waals surface area contributed by atoms with Crippen LogP contribution in [0, 0.1) is 5.82 Å². The van der Waals surface area contributed by atoms with Crippen LogP contribution < -0.4 is 4.74 Å². The number of carbonyl (C=O) groups is 1. The first kappa shape index (κ1) is 23.9. The Morgan fingerprint density at radius 2 is 1.94 bits per heavy atom. The normalized spacial score (nSPS) is 14.8. The molecule has 2 heterocycles. The number of ether oxygens (including phenoxy) is 1. The summed E-state index contributed by atoms with van der Waals surface area (Å²) in [5, 5.41) is 18.3. The summed E-state index contributed by atoms with van der Waals surface area (Å²) in [6.45, 7) is 2.96. The van der Waals surface area contributed by atoms with Crippen LogP contribution in [0.2, 0.25) is 5.02 Å². The Balaban J connectivity index is 1.61. The summed E-state index contributed by atoms with van der Waals surface area (Å²) in [6, 6.07) is 17.9. The average Bonchev–Trinajstić information content (AvgIpc) is 3.41. The summed E-state index contributed by atoms with van der Waals surface area (Å²) in [6.07, 6.45) is 1.96. The van der Waals surface area contributed by atoms with Gasteiger partial charge in [0.1, 0.15) is 28.7 Å². The molecule has 0 saturated heterocycles. The SMILES string of the molecule is CCCCOc1cccc(C2c3c(-c4cc(Cl)ccc4O)n[nH]c3C(=O)N2Cc2ccc(F)cc2)c1. The molecule has 0 fully saturated rings. The Bertz CT molecular complexity index is 1400. The van der Waals surface area contributed by atoms with Crippen molar-refractivity contribution in [2.24, 2.45) is 0 Å². The third kappa shape index (κ3) is 4.54. The summed E-state index contributed by atoms with van der Waals surface area (Å²) in [5.41, 5.74) is 3.48. The zero-order chi connectivity index (χ0) is 25.2. The van der Waals surface area contributed by atoms with Gasteiger partial charge in [-0.2, -0.15) is 5.10 Å². The van der Waals surface area contributed by atoms with E-state index in [2.05, 4.69) is 17.1 Å². The molecule has 1 amide bonds. The fourth-order valence-electron chi connectivity index (χ4n) is 4.50. The van der Waals surface area contributed by atoms with Crippen molar-refractivity contribution in [2.75, 3.05) is 6.61 Å². The Morgan fingerprint density at radius 3 is 2.72 bits per heavy atom. The van der Waals surface area contributed by atoms with Gasteiger partial charge in [0.2, 0.25) is 0 Å². The van der Waals surface area contributed by atoms with E-state index in [1.165, 1.54) is 18.2 Å². The summed E-state index contributed by atoms with van der Waals surface area (Å²) in [5.74, 6) is 0.137. The zero-order valence-corrected chi connectivity index (χ0v) is 20.4. The van der Waals surface area contributed by atoms with Crippen molar-refractivity contribution in [3.8, 4) is 22.8 Å². The quantitative estimate of drug-likeness (QED) is 0.268. The van der Waals surface area contributed by atoms with E-state index in [9.17, 15) is 14.3 Å². The largest absolute Gasteiger partial charge is 0.507 e. The van der Waals surface area contributed by atoms with E-state index in [0.29, 0.717) is 39.9 Å². The van der Waals surface area contributed by atoms with Gasteiger partial charge in [0.15, 0.2) is 0 Å². The predicted octanol–water partition coefficient (Wildman–Crippen LogP) is 6.50. The molecule has 3 aromatic carbocycles. The number of hydrogen-bond donors (Lipinski definition) is 2. The number of halogens is 2. The van der Waals surface area contributed by atoms with Crippen molar-refractivity contribution in [3.63, 3.8) is 0 Å². The fraction of sp³-hybridized carbons (Fsp3) is 0.214. The maximum atomic E-state index is 13.6. The van der Waals surface area contributed by atoms with Gasteiger partial charge in [-0.3, -0.25) is 9.89 Å². The number of aromatic amines is 1. The first-order valence-electron chi connectivity index (χ1n) is 11.8. The lowest BCUT2D eigenvalue weighted by molar-refractivity contribution is 0.0730. The highest BCUT2D eigenvalue weighted by Crippen LogP contribution is 2.46. The Kier molecular flexibility index (Phi) is 6.65. The van der Waals surface area contributed by atoms with Crippen molar-refractivity contribution in [1.29, 1.82) is 0 Å². The smallest absolute Gasteiger partial charge is 0.273 e. The second-order valence-corrected chi connectivity index (χ2v) is 9.20. The second-order valence-electron chi connectivity index (χ2n) is 8.76. The number of fused-ring (bicyclic) bond motifs is 1.